The molecule has 1 N–H and O–H groups in total. The first-order valence-electron chi connectivity index (χ1n) is 6.04. The predicted molar refractivity (Wildman–Crippen MR) is 70.1 cm³/mol. The van der Waals surface area contributed by atoms with Crippen LogP contribution in [0.4, 0.5) is 0 Å². The van der Waals surface area contributed by atoms with E-state index in [0.29, 0.717) is 17.4 Å². The molecular formula is C13H13BrN2O2. The van der Waals surface area contributed by atoms with Gasteiger partial charge in [0.25, 0.3) is 5.89 Å². The lowest BCUT2D eigenvalue weighted by Crippen LogP contribution is -2.14. The van der Waals surface area contributed by atoms with Gasteiger partial charge in [-0.05, 0) is 24.1 Å². The van der Waals surface area contributed by atoms with E-state index in [-0.39, 0.29) is 5.75 Å². The Morgan fingerprint density at radius 2 is 2.22 bits per heavy atom. The zero-order valence-electron chi connectivity index (χ0n) is 9.77. The SMILES string of the molecule is Oc1ccc(Br)cc1-c1nc(CC2CCC2)no1. The van der Waals surface area contributed by atoms with Crippen LogP contribution in [-0.2, 0) is 6.42 Å². The van der Waals surface area contributed by atoms with Crippen LogP contribution in [0.5, 0.6) is 5.75 Å². The minimum atomic E-state index is 0.150. The summed E-state index contributed by atoms with van der Waals surface area (Å²) in [7, 11) is 0. The predicted octanol–water partition coefficient (Wildman–Crippen LogP) is 3.55. The van der Waals surface area contributed by atoms with Crippen LogP contribution < -0.4 is 0 Å². The Bertz CT molecular complexity index is 564. The van der Waals surface area contributed by atoms with E-state index >= 15 is 0 Å². The summed E-state index contributed by atoms with van der Waals surface area (Å²) in [5, 5.41) is 13.8. The summed E-state index contributed by atoms with van der Waals surface area (Å²) in [6.07, 6.45) is 4.69. The molecule has 94 valence electrons. The van der Waals surface area contributed by atoms with Crippen molar-refractivity contribution in [3.05, 3.63) is 28.5 Å². The van der Waals surface area contributed by atoms with E-state index in [4.69, 9.17) is 4.52 Å². The summed E-state index contributed by atoms with van der Waals surface area (Å²) in [6.45, 7) is 0. The second-order valence-electron chi connectivity index (χ2n) is 4.68. The lowest BCUT2D eigenvalue weighted by Gasteiger charge is -2.23. The molecule has 1 heterocycles. The molecule has 1 aliphatic rings. The van der Waals surface area contributed by atoms with Gasteiger partial charge in [-0.3, -0.25) is 0 Å². The Morgan fingerprint density at radius 3 is 2.94 bits per heavy atom. The van der Waals surface area contributed by atoms with Gasteiger partial charge >= 0.3 is 0 Å². The van der Waals surface area contributed by atoms with Crippen LogP contribution in [0.2, 0.25) is 0 Å². The van der Waals surface area contributed by atoms with Crippen molar-refractivity contribution >= 4 is 15.9 Å². The van der Waals surface area contributed by atoms with Crippen LogP contribution in [0.3, 0.4) is 0 Å². The summed E-state index contributed by atoms with van der Waals surface area (Å²) in [5.74, 6) is 1.96. The van der Waals surface area contributed by atoms with Gasteiger partial charge in [0.05, 0.1) is 5.56 Å². The maximum absolute atomic E-state index is 9.79. The molecule has 18 heavy (non-hydrogen) atoms. The zero-order valence-corrected chi connectivity index (χ0v) is 11.4. The third kappa shape index (κ3) is 2.27. The number of phenols is 1. The maximum Gasteiger partial charge on any atom is 0.261 e. The highest BCUT2D eigenvalue weighted by molar-refractivity contribution is 9.10. The van der Waals surface area contributed by atoms with Gasteiger partial charge < -0.3 is 9.63 Å². The summed E-state index contributed by atoms with van der Waals surface area (Å²) in [5.41, 5.74) is 0.566. The van der Waals surface area contributed by atoms with Crippen LogP contribution in [-0.4, -0.2) is 15.2 Å². The normalized spacial score (nSPS) is 15.6. The van der Waals surface area contributed by atoms with Crippen molar-refractivity contribution in [3.63, 3.8) is 0 Å². The van der Waals surface area contributed by atoms with E-state index in [1.165, 1.54) is 19.3 Å². The molecule has 0 spiro atoms. The first kappa shape index (κ1) is 11.7. The summed E-state index contributed by atoms with van der Waals surface area (Å²) in [4.78, 5) is 4.35. The van der Waals surface area contributed by atoms with Crippen molar-refractivity contribution in [2.75, 3.05) is 0 Å². The maximum atomic E-state index is 9.79. The average Bonchev–Trinajstić information content (AvgIpc) is 2.75. The number of hydrogen-bond donors (Lipinski definition) is 1. The number of nitrogens with zero attached hydrogens (tertiary/aromatic N) is 2. The van der Waals surface area contributed by atoms with Gasteiger partial charge in [0.15, 0.2) is 5.82 Å². The van der Waals surface area contributed by atoms with Crippen LogP contribution in [0.15, 0.2) is 27.2 Å². The number of aromatic hydroxyl groups is 1. The smallest absolute Gasteiger partial charge is 0.261 e. The quantitative estimate of drug-likeness (QED) is 0.942. The minimum Gasteiger partial charge on any atom is -0.507 e. The second-order valence-corrected chi connectivity index (χ2v) is 5.59. The first-order chi connectivity index (χ1) is 8.72. The summed E-state index contributed by atoms with van der Waals surface area (Å²) in [6, 6.07) is 5.15. The molecule has 1 aromatic carbocycles. The van der Waals surface area contributed by atoms with E-state index in [2.05, 4.69) is 26.1 Å². The molecule has 1 aliphatic carbocycles. The lowest BCUT2D eigenvalue weighted by molar-refractivity contribution is 0.304. The molecule has 1 fully saturated rings. The lowest BCUT2D eigenvalue weighted by atomic mass is 9.83. The highest BCUT2D eigenvalue weighted by Crippen LogP contribution is 2.32. The third-order valence-corrected chi connectivity index (χ3v) is 3.85. The van der Waals surface area contributed by atoms with Crippen LogP contribution in [0.1, 0.15) is 25.1 Å². The largest absolute Gasteiger partial charge is 0.507 e. The van der Waals surface area contributed by atoms with Gasteiger partial charge in [-0.2, -0.15) is 4.98 Å². The van der Waals surface area contributed by atoms with E-state index < -0.39 is 0 Å². The van der Waals surface area contributed by atoms with Crippen LogP contribution in [0, 0.1) is 5.92 Å². The standard InChI is InChI=1S/C13H13BrN2O2/c14-9-4-5-11(17)10(7-9)13-15-12(16-18-13)6-8-2-1-3-8/h4-5,7-8,17H,1-3,6H2. The average molecular weight is 309 g/mol. The van der Waals surface area contributed by atoms with E-state index in [9.17, 15) is 5.11 Å². The monoisotopic (exact) mass is 308 g/mol. The van der Waals surface area contributed by atoms with E-state index in [1.807, 2.05) is 0 Å². The molecule has 4 nitrogen and oxygen atoms in total. The molecular weight excluding hydrogens is 296 g/mol. The van der Waals surface area contributed by atoms with Crippen molar-refractivity contribution in [3.8, 4) is 17.2 Å². The fraction of sp³-hybridized carbons (Fsp3) is 0.385. The molecule has 0 bridgehead atoms. The zero-order chi connectivity index (χ0) is 12.5. The van der Waals surface area contributed by atoms with Gasteiger partial charge in [-0.25, -0.2) is 0 Å². The Morgan fingerprint density at radius 1 is 1.39 bits per heavy atom. The topological polar surface area (TPSA) is 59.2 Å². The van der Waals surface area contributed by atoms with Crippen molar-refractivity contribution in [1.29, 1.82) is 0 Å². The number of halogens is 1. The Kier molecular flexibility index (Phi) is 3.07. The number of benzene rings is 1. The molecule has 5 heteroatoms. The molecule has 0 aliphatic heterocycles. The number of phenolic OH excluding ortho intramolecular Hbond substituents is 1. The Labute approximate surface area is 113 Å². The minimum absolute atomic E-state index is 0.150. The van der Waals surface area contributed by atoms with Crippen molar-refractivity contribution in [1.82, 2.24) is 10.1 Å². The van der Waals surface area contributed by atoms with Gasteiger partial charge in [-0.15, -0.1) is 0 Å². The summed E-state index contributed by atoms with van der Waals surface area (Å²) >= 11 is 3.36. The molecule has 0 atom stereocenters. The molecule has 0 saturated heterocycles. The molecule has 0 unspecified atom stereocenters. The summed E-state index contributed by atoms with van der Waals surface area (Å²) < 4.78 is 6.08. The van der Waals surface area contributed by atoms with Crippen molar-refractivity contribution in [2.24, 2.45) is 5.92 Å². The first-order valence-corrected chi connectivity index (χ1v) is 6.83. The molecule has 1 saturated carbocycles. The molecule has 0 amide bonds. The fourth-order valence-corrected chi connectivity index (χ4v) is 2.44. The fourth-order valence-electron chi connectivity index (χ4n) is 2.08. The molecule has 3 rings (SSSR count). The molecule has 2 aromatic rings. The second kappa shape index (κ2) is 4.72. The number of rotatable bonds is 3. The van der Waals surface area contributed by atoms with Crippen molar-refractivity contribution in [2.45, 2.75) is 25.7 Å². The van der Waals surface area contributed by atoms with Crippen molar-refractivity contribution < 1.29 is 9.63 Å². The van der Waals surface area contributed by atoms with Gasteiger partial charge in [0, 0.05) is 10.9 Å². The Balaban J connectivity index is 1.85. The van der Waals surface area contributed by atoms with E-state index in [0.717, 1.165) is 16.7 Å². The van der Waals surface area contributed by atoms with E-state index in [1.54, 1.807) is 18.2 Å². The third-order valence-electron chi connectivity index (χ3n) is 3.35. The van der Waals surface area contributed by atoms with Gasteiger partial charge in [0.1, 0.15) is 5.75 Å². The van der Waals surface area contributed by atoms with Gasteiger partial charge in [-0.1, -0.05) is 40.3 Å². The van der Waals surface area contributed by atoms with Gasteiger partial charge in [0.2, 0.25) is 0 Å². The van der Waals surface area contributed by atoms with Crippen LogP contribution in [0.25, 0.3) is 11.5 Å². The highest BCUT2D eigenvalue weighted by Gasteiger charge is 2.21. The highest BCUT2D eigenvalue weighted by atomic mass is 79.9. The number of hydrogen-bond acceptors (Lipinski definition) is 4. The number of aromatic nitrogens is 2. The molecule has 1 aromatic heterocycles. The Hall–Kier alpha value is -1.36. The molecule has 0 radical (unpaired) electrons. The van der Waals surface area contributed by atoms with Crippen LogP contribution >= 0.6 is 15.9 Å².